The molecule has 0 radical (unpaired) electrons. The van der Waals surface area contributed by atoms with Crippen LogP contribution in [-0.2, 0) is 0 Å². The van der Waals surface area contributed by atoms with Crippen molar-refractivity contribution in [2.45, 2.75) is 6.92 Å². The molecule has 3 rings (SSSR count). The van der Waals surface area contributed by atoms with E-state index in [1.807, 2.05) is 13.0 Å². The number of rotatable bonds is 0. The van der Waals surface area contributed by atoms with Crippen molar-refractivity contribution >= 4 is 11.6 Å². The first-order valence-corrected chi connectivity index (χ1v) is 6.04. The maximum atomic E-state index is 12.3. The molecule has 0 bridgehead atoms. The monoisotopic (exact) mass is 285 g/mol. The van der Waals surface area contributed by atoms with E-state index in [-0.39, 0.29) is 11.6 Å². The first kappa shape index (κ1) is 14.4. The van der Waals surface area contributed by atoms with Gasteiger partial charge in [-0.15, -0.1) is 10.1 Å². The quantitative estimate of drug-likeness (QED) is 0.505. The Morgan fingerprint density at radius 2 is 1.33 bits per heavy atom. The van der Waals surface area contributed by atoms with Gasteiger partial charge in [0, 0.05) is 22.3 Å². The number of benzene rings is 2. The molecule has 21 heavy (non-hydrogen) atoms. The highest BCUT2D eigenvalue weighted by Gasteiger charge is 2.28. The van der Waals surface area contributed by atoms with Crippen molar-refractivity contribution in [3.8, 4) is 0 Å². The van der Waals surface area contributed by atoms with Gasteiger partial charge in [-0.05, 0) is 13.0 Å². The van der Waals surface area contributed by atoms with Gasteiger partial charge < -0.3 is 5.21 Å². The van der Waals surface area contributed by atoms with Crippen molar-refractivity contribution in [3.63, 3.8) is 0 Å². The van der Waals surface area contributed by atoms with Crippen LogP contribution in [0.3, 0.4) is 0 Å². The Bertz CT molecular complexity index is 747. The maximum Gasteiger partial charge on any atom is 0.291 e. The average molecular weight is 285 g/mol. The van der Waals surface area contributed by atoms with E-state index in [0.29, 0.717) is 22.3 Å². The summed E-state index contributed by atoms with van der Waals surface area (Å²) in [6.07, 6.45) is 0. The lowest BCUT2D eigenvalue weighted by Gasteiger charge is -2.17. The Balaban J connectivity index is 0.000000361. The first-order chi connectivity index (χ1) is 9.91. The minimum atomic E-state index is -1.50. The van der Waals surface area contributed by atoms with Crippen molar-refractivity contribution < 1.29 is 19.9 Å². The van der Waals surface area contributed by atoms with Crippen LogP contribution in [0.15, 0.2) is 42.5 Å². The van der Waals surface area contributed by atoms with E-state index in [1.54, 1.807) is 36.4 Å². The molecule has 6 nitrogen and oxygen atoms in total. The summed E-state index contributed by atoms with van der Waals surface area (Å²) in [5.74, 6) is -0.117. The molecule has 1 aliphatic rings. The number of hydrogen-bond donors (Lipinski definition) is 1. The predicted octanol–water partition coefficient (Wildman–Crippen LogP) is 2.42. The van der Waals surface area contributed by atoms with Gasteiger partial charge in [0.15, 0.2) is 11.6 Å². The first-order valence-electron chi connectivity index (χ1n) is 6.04. The fraction of sp³-hybridized carbons (Fsp3) is 0.0667. The number of nitrogens with zero attached hydrogens (tertiary/aromatic N) is 1. The SMILES string of the molecule is Cc1ccc2c(c1)C(=O)c1ccccc1C2=O.O=[N+]([O-])O. The Hall–Kier alpha value is -3.02. The Labute approximate surface area is 119 Å². The van der Waals surface area contributed by atoms with Crippen LogP contribution in [0.4, 0.5) is 0 Å². The topological polar surface area (TPSA) is 97.5 Å². The fourth-order valence-corrected chi connectivity index (χ4v) is 2.21. The largest absolute Gasteiger partial charge is 0.328 e. The molecule has 0 heterocycles. The molecule has 2 aromatic carbocycles. The summed E-state index contributed by atoms with van der Waals surface area (Å²) in [6, 6.07) is 12.4. The molecular weight excluding hydrogens is 274 g/mol. The second-order valence-corrected chi connectivity index (χ2v) is 4.49. The van der Waals surface area contributed by atoms with Crippen LogP contribution in [-0.4, -0.2) is 21.9 Å². The lowest BCUT2D eigenvalue weighted by atomic mass is 9.83. The molecule has 0 fully saturated rings. The molecule has 0 spiro atoms. The van der Waals surface area contributed by atoms with Gasteiger partial charge in [0.05, 0.1) is 0 Å². The van der Waals surface area contributed by atoms with Crippen molar-refractivity contribution in [2.75, 3.05) is 0 Å². The van der Waals surface area contributed by atoms with Gasteiger partial charge in [-0.1, -0.05) is 42.0 Å². The highest BCUT2D eigenvalue weighted by molar-refractivity contribution is 6.28. The van der Waals surface area contributed by atoms with Crippen LogP contribution in [0.2, 0.25) is 0 Å². The van der Waals surface area contributed by atoms with E-state index >= 15 is 0 Å². The lowest BCUT2D eigenvalue weighted by molar-refractivity contribution is -0.742. The van der Waals surface area contributed by atoms with Crippen molar-refractivity contribution in [2.24, 2.45) is 0 Å². The zero-order chi connectivity index (χ0) is 15.6. The van der Waals surface area contributed by atoms with Gasteiger partial charge in [0.25, 0.3) is 5.09 Å². The molecule has 0 unspecified atom stereocenters. The molecule has 6 heteroatoms. The number of fused-ring (bicyclic) bond motifs is 2. The minimum Gasteiger partial charge on any atom is -0.328 e. The standard InChI is InChI=1S/C15H10O2.HNO3/c1-9-6-7-12-13(8-9)15(17)11-5-3-2-4-10(11)14(12)16;2-1(3)4/h2-8H,1H3;(H,2,3,4). The molecule has 2 aromatic rings. The molecule has 106 valence electrons. The Kier molecular flexibility index (Phi) is 3.80. The van der Waals surface area contributed by atoms with E-state index in [4.69, 9.17) is 15.3 Å². The molecule has 1 N–H and O–H groups in total. The second kappa shape index (κ2) is 5.54. The van der Waals surface area contributed by atoms with Crippen LogP contribution < -0.4 is 0 Å². The third kappa shape index (κ3) is 2.79. The van der Waals surface area contributed by atoms with Crippen molar-refractivity contribution in [1.82, 2.24) is 0 Å². The summed E-state index contributed by atoms with van der Waals surface area (Å²) in [7, 11) is 0. The molecule has 0 atom stereocenters. The van der Waals surface area contributed by atoms with Gasteiger partial charge in [0.1, 0.15) is 0 Å². The summed E-state index contributed by atoms with van der Waals surface area (Å²) in [4.78, 5) is 32.8. The van der Waals surface area contributed by atoms with Crippen LogP contribution in [0.25, 0.3) is 0 Å². The molecule has 1 aliphatic carbocycles. The molecule has 0 amide bonds. The maximum absolute atomic E-state index is 12.3. The Morgan fingerprint density at radius 1 is 0.905 bits per heavy atom. The second-order valence-electron chi connectivity index (χ2n) is 4.49. The summed E-state index contributed by atoms with van der Waals surface area (Å²) >= 11 is 0. The highest BCUT2D eigenvalue weighted by atomic mass is 16.9. The molecular formula is C15H11NO5. The lowest BCUT2D eigenvalue weighted by Crippen LogP contribution is -2.20. The van der Waals surface area contributed by atoms with Gasteiger partial charge in [-0.3, -0.25) is 9.59 Å². The molecule has 0 aliphatic heterocycles. The highest BCUT2D eigenvalue weighted by Crippen LogP contribution is 2.27. The molecule has 0 aromatic heterocycles. The summed E-state index contributed by atoms with van der Waals surface area (Å²) in [6.45, 7) is 1.92. The summed E-state index contributed by atoms with van der Waals surface area (Å²) in [5.41, 5.74) is 3.04. The van der Waals surface area contributed by atoms with Crippen molar-refractivity contribution in [3.05, 3.63) is 80.4 Å². The van der Waals surface area contributed by atoms with Crippen molar-refractivity contribution in [1.29, 1.82) is 0 Å². The number of ketones is 2. The van der Waals surface area contributed by atoms with E-state index in [0.717, 1.165) is 5.56 Å². The van der Waals surface area contributed by atoms with Crippen LogP contribution in [0.5, 0.6) is 0 Å². The summed E-state index contributed by atoms with van der Waals surface area (Å²) < 4.78 is 0. The van der Waals surface area contributed by atoms with E-state index in [9.17, 15) is 9.59 Å². The van der Waals surface area contributed by atoms with Gasteiger partial charge >= 0.3 is 0 Å². The van der Waals surface area contributed by atoms with Gasteiger partial charge in [-0.25, -0.2) is 0 Å². The third-order valence-corrected chi connectivity index (χ3v) is 3.08. The van der Waals surface area contributed by atoms with Crippen LogP contribution in [0, 0.1) is 17.0 Å². The Morgan fingerprint density at radius 3 is 1.86 bits per heavy atom. The van der Waals surface area contributed by atoms with E-state index < -0.39 is 5.09 Å². The van der Waals surface area contributed by atoms with E-state index in [1.165, 1.54) is 0 Å². The molecule has 0 saturated carbocycles. The van der Waals surface area contributed by atoms with E-state index in [2.05, 4.69) is 0 Å². The predicted molar refractivity (Wildman–Crippen MR) is 73.3 cm³/mol. The van der Waals surface area contributed by atoms with Crippen LogP contribution >= 0.6 is 0 Å². The third-order valence-electron chi connectivity index (χ3n) is 3.08. The number of carbonyl (C=O) groups excluding carboxylic acids is 2. The van der Waals surface area contributed by atoms with Crippen LogP contribution in [0.1, 0.15) is 37.4 Å². The normalized spacial score (nSPS) is 11.9. The number of hydrogen-bond acceptors (Lipinski definition) is 4. The molecule has 0 saturated heterocycles. The number of carbonyl (C=O) groups is 2. The zero-order valence-electron chi connectivity index (χ0n) is 11.1. The fourth-order valence-electron chi connectivity index (χ4n) is 2.21. The zero-order valence-corrected chi connectivity index (χ0v) is 11.1. The average Bonchev–Trinajstić information content (AvgIpc) is 2.44. The minimum absolute atomic E-state index is 0.0566. The van der Waals surface area contributed by atoms with Gasteiger partial charge in [-0.2, -0.15) is 0 Å². The summed E-state index contributed by atoms with van der Waals surface area (Å²) in [5, 5.41) is 13.6. The number of aryl methyl sites for hydroxylation is 1. The van der Waals surface area contributed by atoms with Gasteiger partial charge in [0.2, 0.25) is 0 Å². The smallest absolute Gasteiger partial charge is 0.291 e.